The van der Waals surface area contributed by atoms with Crippen LogP contribution in [0.3, 0.4) is 0 Å². The van der Waals surface area contributed by atoms with Crippen LogP contribution in [0.4, 0.5) is 4.39 Å². The molecule has 1 aromatic heterocycles. The molecule has 1 aromatic carbocycles. The Morgan fingerprint density at radius 3 is 2.67 bits per heavy atom. The molecule has 0 atom stereocenters. The smallest absolute Gasteiger partial charge is 0.137 e. The molecule has 2 aromatic rings. The monoisotopic (exact) mass is 240 g/mol. The fourth-order valence-electron chi connectivity index (χ4n) is 1.13. The Labute approximate surface area is 95.6 Å². The van der Waals surface area contributed by atoms with E-state index in [2.05, 4.69) is 0 Å². The lowest BCUT2D eigenvalue weighted by atomic mass is 10.3. The van der Waals surface area contributed by atoms with E-state index in [0.717, 1.165) is 9.09 Å². The number of rotatable bonds is 3. The number of aliphatic hydroxyl groups is 1. The van der Waals surface area contributed by atoms with Crippen molar-refractivity contribution in [1.29, 1.82) is 0 Å². The van der Waals surface area contributed by atoms with E-state index in [4.69, 9.17) is 5.11 Å². The van der Waals surface area contributed by atoms with Gasteiger partial charge >= 0.3 is 0 Å². The SMILES string of the molecule is OCc1ccc(Sc2ccccc2F)s1. The Balaban J connectivity index is 2.18. The van der Waals surface area contributed by atoms with Gasteiger partial charge in [0.15, 0.2) is 0 Å². The van der Waals surface area contributed by atoms with E-state index < -0.39 is 0 Å². The summed E-state index contributed by atoms with van der Waals surface area (Å²) < 4.78 is 14.3. The Kier molecular flexibility index (Phi) is 3.41. The van der Waals surface area contributed by atoms with Crippen LogP contribution in [0.1, 0.15) is 4.88 Å². The van der Waals surface area contributed by atoms with Crippen molar-refractivity contribution < 1.29 is 9.50 Å². The highest BCUT2D eigenvalue weighted by Crippen LogP contribution is 2.34. The van der Waals surface area contributed by atoms with Crippen LogP contribution >= 0.6 is 23.1 Å². The van der Waals surface area contributed by atoms with E-state index in [9.17, 15) is 4.39 Å². The van der Waals surface area contributed by atoms with Gasteiger partial charge in [0.05, 0.1) is 10.8 Å². The highest BCUT2D eigenvalue weighted by molar-refractivity contribution is 8.01. The van der Waals surface area contributed by atoms with Gasteiger partial charge in [0, 0.05) is 9.77 Å². The largest absolute Gasteiger partial charge is 0.391 e. The second-order valence-electron chi connectivity index (χ2n) is 2.91. The van der Waals surface area contributed by atoms with Crippen molar-refractivity contribution in [2.75, 3.05) is 0 Å². The second kappa shape index (κ2) is 4.79. The molecule has 0 aliphatic rings. The van der Waals surface area contributed by atoms with Crippen molar-refractivity contribution >= 4 is 23.1 Å². The molecule has 0 amide bonds. The Morgan fingerprint density at radius 1 is 1.20 bits per heavy atom. The van der Waals surface area contributed by atoms with Crippen LogP contribution in [0.2, 0.25) is 0 Å². The molecular formula is C11H9FOS2. The summed E-state index contributed by atoms with van der Waals surface area (Å²) >= 11 is 2.87. The maximum Gasteiger partial charge on any atom is 0.137 e. The molecule has 1 heterocycles. The van der Waals surface area contributed by atoms with E-state index in [1.165, 1.54) is 29.2 Å². The summed E-state index contributed by atoms with van der Waals surface area (Å²) in [4.78, 5) is 1.51. The number of hydrogen-bond donors (Lipinski definition) is 1. The summed E-state index contributed by atoms with van der Waals surface area (Å²) in [5.41, 5.74) is 0. The molecule has 4 heteroatoms. The van der Waals surface area contributed by atoms with Crippen molar-refractivity contribution in [2.24, 2.45) is 0 Å². The second-order valence-corrected chi connectivity index (χ2v) is 5.42. The van der Waals surface area contributed by atoms with Gasteiger partial charge in [-0.2, -0.15) is 0 Å². The number of benzene rings is 1. The molecule has 0 radical (unpaired) electrons. The maximum atomic E-state index is 13.3. The average Bonchev–Trinajstić information content (AvgIpc) is 2.69. The molecule has 1 nitrogen and oxygen atoms in total. The number of hydrogen-bond acceptors (Lipinski definition) is 3. The summed E-state index contributed by atoms with van der Waals surface area (Å²) in [7, 11) is 0. The van der Waals surface area contributed by atoms with Gasteiger partial charge in [0.1, 0.15) is 5.82 Å². The molecule has 0 bridgehead atoms. The van der Waals surface area contributed by atoms with Crippen molar-refractivity contribution in [3.05, 3.63) is 47.1 Å². The van der Waals surface area contributed by atoms with E-state index in [1.807, 2.05) is 18.2 Å². The van der Waals surface area contributed by atoms with Gasteiger partial charge in [-0.05, 0) is 24.3 Å². The minimum atomic E-state index is -0.207. The molecule has 0 aliphatic heterocycles. The molecular weight excluding hydrogens is 231 g/mol. The summed E-state index contributed by atoms with van der Waals surface area (Å²) in [5, 5.41) is 8.90. The molecule has 0 fully saturated rings. The third kappa shape index (κ3) is 2.59. The first-order valence-electron chi connectivity index (χ1n) is 4.41. The molecule has 0 saturated heterocycles. The maximum absolute atomic E-state index is 13.3. The van der Waals surface area contributed by atoms with Crippen LogP contribution in [0.15, 0.2) is 45.5 Å². The van der Waals surface area contributed by atoms with Crippen molar-refractivity contribution in [2.45, 2.75) is 15.7 Å². The number of aliphatic hydroxyl groups excluding tert-OH is 1. The quantitative estimate of drug-likeness (QED) is 0.885. The third-order valence-electron chi connectivity index (χ3n) is 1.84. The molecule has 2 rings (SSSR count). The minimum Gasteiger partial charge on any atom is -0.391 e. The highest BCUT2D eigenvalue weighted by Gasteiger charge is 2.05. The van der Waals surface area contributed by atoms with Crippen LogP contribution < -0.4 is 0 Å². The first kappa shape index (κ1) is 10.7. The minimum absolute atomic E-state index is 0.0441. The predicted octanol–water partition coefficient (Wildman–Crippen LogP) is 3.53. The summed E-state index contributed by atoms with van der Waals surface area (Å²) in [6, 6.07) is 10.4. The van der Waals surface area contributed by atoms with Gasteiger partial charge in [-0.1, -0.05) is 23.9 Å². The lowest BCUT2D eigenvalue weighted by Crippen LogP contribution is -1.77. The van der Waals surface area contributed by atoms with Crippen LogP contribution in [0.25, 0.3) is 0 Å². The highest BCUT2D eigenvalue weighted by atomic mass is 32.2. The Morgan fingerprint density at radius 2 is 2.00 bits per heavy atom. The van der Waals surface area contributed by atoms with Gasteiger partial charge in [-0.25, -0.2) is 4.39 Å². The van der Waals surface area contributed by atoms with E-state index in [1.54, 1.807) is 12.1 Å². The predicted molar refractivity (Wildman–Crippen MR) is 60.8 cm³/mol. The van der Waals surface area contributed by atoms with Crippen molar-refractivity contribution in [3.63, 3.8) is 0 Å². The first-order valence-corrected chi connectivity index (χ1v) is 6.05. The van der Waals surface area contributed by atoms with Crippen LogP contribution in [-0.2, 0) is 6.61 Å². The number of thiophene rings is 1. The summed E-state index contributed by atoms with van der Waals surface area (Å²) in [6.07, 6.45) is 0. The zero-order chi connectivity index (χ0) is 10.7. The van der Waals surface area contributed by atoms with E-state index in [0.29, 0.717) is 4.90 Å². The van der Waals surface area contributed by atoms with Crippen LogP contribution in [0.5, 0.6) is 0 Å². The van der Waals surface area contributed by atoms with Crippen LogP contribution in [0, 0.1) is 5.82 Å². The molecule has 1 N–H and O–H groups in total. The topological polar surface area (TPSA) is 20.2 Å². The van der Waals surface area contributed by atoms with Crippen LogP contribution in [-0.4, -0.2) is 5.11 Å². The average molecular weight is 240 g/mol. The van der Waals surface area contributed by atoms with E-state index in [-0.39, 0.29) is 12.4 Å². The lowest BCUT2D eigenvalue weighted by molar-refractivity contribution is 0.285. The van der Waals surface area contributed by atoms with Gasteiger partial charge in [-0.15, -0.1) is 11.3 Å². The van der Waals surface area contributed by atoms with Gasteiger partial charge < -0.3 is 5.11 Å². The fraction of sp³-hybridized carbons (Fsp3) is 0.0909. The zero-order valence-electron chi connectivity index (χ0n) is 7.81. The molecule has 78 valence electrons. The molecule has 0 spiro atoms. The first-order chi connectivity index (χ1) is 7.29. The van der Waals surface area contributed by atoms with Gasteiger partial charge in [-0.3, -0.25) is 0 Å². The van der Waals surface area contributed by atoms with Crippen molar-refractivity contribution in [1.82, 2.24) is 0 Å². The van der Waals surface area contributed by atoms with Crippen molar-refractivity contribution in [3.8, 4) is 0 Å². The summed E-state index contributed by atoms with van der Waals surface area (Å²) in [6.45, 7) is 0.0441. The Bertz CT molecular complexity index is 453. The van der Waals surface area contributed by atoms with Gasteiger partial charge in [0.25, 0.3) is 0 Å². The standard InChI is InChI=1S/C11H9FOS2/c12-9-3-1-2-4-10(9)15-11-6-5-8(7-13)14-11/h1-6,13H,7H2. The molecule has 0 aliphatic carbocycles. The zero-order valence-corrected chi connectivity index (χ0v) is 9.45. The molecule has 15 heavy (non-hydrogen) atoms. The lowest BCUT2D eigenvalue weighted by Gasteiger charge is -1.99. The summed E-state index contributed by atoms with van der Waals surface area (Å²) in [5.74, 6) is -0.207. The number of halogens is 1. The fourth-order valence-corrected chi connectivity index (χ4v) is 3.15. The van der Waals surface area contributed by atoms with E-state index >= 15 is 0 Å². The normalized spacial score (nSPS) is 10.5. The Hall–Kier alpha value is -0.840. The molecule has 0 unspecified atom stereocenters. The molecule has 0 saturated carbocycles. The third-order valence-corrected chi connectivity index (χ3v) is 4.09. The van der Waals surface area contributed by atoms with Gasteiger partial charge in [0.2, 0.25) is 0 Å².